The van der Waals surface area contributed by atoms with Gasteiger partial charge in [0.25, 0.3) is 0 Å². The Morgan fingerprint density at radius 2 is 1.78 bits per heavy atom. The average Bonchev–Trinajstić information content (AvgIpc) is 2.86. The summed E-state index contributed by atoms with van der Waals surface area (Å²) in [5.41, 5.74) is 3.11. The molecule has 6 nitrogen and oxygen atoms in total. The van der Waals surface area contributed by atoms with Gasteiger partial charge < -0.3 is 18.8 Å². The molecule has 3 aromatic rings. The zero-order valence-electron chi connectivity index (χ0n) is 22.5. The molecule has 0 bridgehead atoms. The summed E-state index contributed by atoms with van der Waals surface area (Å²) in [5, 5.41) is 1.05. The molecule has 2 aromatic carbocycles. The Hall–Kier alpha value is -2.90. The Labute approximate surface area is 215 Å². The van der Waals surface area contributed by atoms with Gasteiger partial charge in [-0.05, 0) is 54.4 Å². The highest BCUT2D eigenvalue weighted by molar-refractivity contribution is 6.74. The van der Waals surface area contributed by atoms with Gasteiger partial charge in [0.05, 0.1) is 25.8 Å². The van der Waals surface area contributed by atoms with Crippen LogP contribution in [0.5, 0.6) is 5.75 Å². The van der Waals surface area contributed by atoms with Gasteiger partial charge in [-0.15, -0.1) is 0 Å². The molecule has 0 saturated heterocycles. The van der Waals surface area contributed by atoms with Crippen LogP contribution >= 0.6 is 0 Å². The van der Waals surface area contributed by atoms with Crippen LogP contribution in [-0.4, -0.2) is 46.6 Å². The van der Waals surface area contributed by atoms with Crippen molar-refractivity contribution in [2.45, 2.75) is 51.4 Å². The van der Waals surface area contributed by atoms with E-state index in [0.29, 0.717) is 6.54 Å². The minimum absolute atomic E-state index is 0.00358. The number of benzene rings is 2. The lowest BCUT2D eigenvalue weighted by atomic mass is 9.90. The van der Waals surface area contributed by atoms with E-state index in [0.717, 1.165) is 41.0 Å². The van der Waals surface area contributed by atoms with Gasteiger partial charge in [0.15, 0.2) is 8.32 Å². The van der Waals surface area contributed by atoms with Crippen LogP contribution in [-0.2, 0) is 20.4 Å². The number of esters is 1. The summed E-state index contributed by atoms with van der Waals surface area (Å²) in [6.45, 7) is 12.3. The molecule has 192 valence electrons. The number of hydrogen-bond donors (Lipinski definition) is 0. The lowest BCUT2D eigenvalue weighted by molar-refractivity contribution is -0.149. The van der Waals surface area contributed by atoms with E-state index < -0.39 is 20.3 Å². The molecule has 0 aliphatic carbocycles. The van der Waals surface area contributed by atoms with Crippen LogP contribution in [0.25, 0.3) is 10.9 Å². The molecule has 4 rings (SSSR count). The number of pyridine rings is 1. The number of aromatic nitrogens is 1. The van der Waals surface area contributed by atoms with Crippen molar-refractivity contribution in [1.82, 2.24) is 4.98 Å². The topological polar surface area (TPSA) is 60.9 Å². The van der Waals surface area contributed by atoms with Gasteiger partial charge in [0, 0.05) is 24.0 Å². The van der Waals surface area contributed by atoms with Crippen molar-refractivity contribution in [1.29, 1.82) is 0 Å². The monoisotopic (exact) mass is 506 g/mol. The lowest BCUT2D eigenvalue weighted by Gasteiger charge is -2.45. The summed E-state index contributed by atoms with van der Waals surface area (Å²) in [7, 11) is 0.935. The molecule has 0 radical (unpaired) electrons. The number of para-hydroxylation sites is 1. The van der Waals surface area contributed by atoms with E-state index >= 15 is 0 Å². The van der Waals surface area contributed by atoms with E-state index in [9.17, 15) is 4.79 Å². The fraction of sp³-hybridized carbons (Fsp3) is 0.448. The fourth-order valence-corrected chi connectivity index (χ4v) is 5.74. The molecule has 1 aromatic heterocycles. The largest absolute Gasteiger partial charge is 0.497 e. The van der Waals surface area contributed by atoms with Crippen LogP contribution in [0.4, 0.5) is 5.82 Å². The number of rotatable bonds is 7. The number of anilines is 1. The number of hydrogen-bond acceptors (Lipinski definition) is 6. The highest BCUT2D eigenvalue weighted by atomic mass is 28.4. The maximum atomic E-state index is 13.1. The van der Waals surface area contributed by atoms with Crippen LogP contribution in [0, 0.1) is 5.92 Å². The summed E-state index contributed by atoms with van der Waals surface area (Å²) < 4.78 is 17.5. The highest BCUT2D eigenvalue weighted by Crippen LogP contribution is 2.46. The Bertz CT molecular complexity index is 1220. The Morgan fingerprint density at radius 1 is 1.08 bits per heavy atom. The molecule has 1 aliphatic rings. The molecular formula is C29H38N2O4Si. The van der Waals surface area contributed by atoms with Crippen LogP contribution in [0.2, 0.25) is 18.1 Å². The maximum Gasteiger partial charge on any atom is 0.313 e. The SMILES string of the molecule is COC(=O)[C@H]1CN(CCc2ccc(OC)cc2)c2nc3ccccc3cc2[C@H]1O[Si](C)(C)C(C)(C)C. The normalized spacial score (nSPS) is 18.1. The quantitative estimate of drug-likeness (QED) is 0.283. The van der Waals surface area contributed by atoms with Gasteiger partial charge in [0.2, 0.25) is 0 Å². The maximum absolute atomic E-state index is 13.1. The first kappa shape index (κ1) is 26.2. The third kappa shape index (κ3) is 5.27. The molecule has 36 heavy (non-hydrogen) atoms. The molecule has 1 aliphatic heterocycles. The summed E-state index contributed by atoms with van der Waals surface area (Å²) in [6.07, 6.45) is 0.419. The van der Waals surface area contributed by atoms with E-state index in [1.165, 1.54) is 12.7 Å². The van der Waals surface area contributed by atoms with Gasteiger partial charge in [-0.3, -0.25) is 4.79 Å². The summed E-state index contributed by atoms with van der Waals surface area (Å²) in [4.78, 5) is 20.4. The van der Waals surface area contributed by atoms with Crippen molar-refractivity contribution in [2.75, 3.05) is 32.2 Å². The minimum atomic E-state index is -2.20. The summed E-state index contributed by atoms with van der Waals surface area (Å²) in [6, 6.07) is 18.4. The van der Waals surface area contributed by atoms with Crippen molar-refractivity contribution in [2.24, 2.45) is 5.92 Å². The van der Waals surface area contributed by atoms with Crippen molar-refractivity contribution in [3.8, 4) is 5.75 Å². The fourth-order valence-electron chi connectivity index (χ4n) is 4.46. The minimum Gasteiger partial charge on any atom is -0.497 e. The first-order valence-corrected chi connectivity index (χ1v) is 15.5. The smallest absolute Gasteiger partial charge is 0.313 e. The molecule has 2 heterocycles. The molecule has 0 N–H and O–H groups in total. The van der Waals surface area contributed by atoms with Crippen LogP contribution in [0.3, 0.4) is 0 Å². The third-order valence-electron chi connectivity index (χ3n) is 7.68. The first-order valence-electron chi connectivity index (χ1n) is 12.6. The van der Waals surface area contributed by atoms with Crippen LogP contribution in [0.1, 0.15) is 38.0 Å². The molecule has 7 heteroatoms. The van der Waals surface area contributed by atoms with E-state index in [4.69, 9.17) is 18.9 Å². The molecule has 0 fully saturated rings. The van der Waals surface area contributed by atoms with E-state index in [-0.39, 0.29) is 11.0 Å². The highest BCUT2D eigenvalue weighted by Gasteiger charge is 2.46. The predicted molar refractivity (Wildman–Crippen MR) is 147 cm³/mol. The number of carbonyl (C=O) groups excluding carboxylic acids is 1. The molecule has 0 unspecified atom stereocenters. The molecule has 0 amide bonds. The first-order chi connectivity index (χ1) is 17.0. The molecular weight excluding hydrogens is 468 g/mol. The summed E-state index contributed by atoms with van der Waals surface area (Å²) in [5.74, 6) is 1.06. The Morgan fingerprint density at radius 3 is 2.42 bits per heavy atom. The van der Waals surface area contributed by atoms with Crippen molar-refractivity contribution >= 4 is 31.0 Å². The molecule has 0 spiro atoms. The van der Waals surface area contributed by atoms with Gasteiger partial charge >= 0.3 is 5.97 Å². The number of nitrogens with zero attached hydrogens (tertiary/aromatic N) is 2. The average molecular weight is 507 g/mol. The zero-order chi connectivity index (χ0) is 26.1. The number of fused-ring (bicyclic) bond motifs is 2. The summed E-state index contributed by atoms with van der Waals surface area (Å²) >= 11 is 0. The second-order valence-corrected chi connectivity index (χ2v) is 15.8. The van der Waals surface area contributed by atoms with Gasteiger partial charge in [0.1, 0.15) is 17.5 Å². The second-order valence-electron chi connectivity index (χ2n) is 11.1. The number of carbonyl (C=O) groups is 1. The van der Waals surface area contributed by atoms with Crippen molar-refractivity contribution in [3.05, 3.63) is 65.7 Å². The standard InChI is InChI=1S/C29H38N2O4Si/c1-29(2,3)36(6,7)35-26-23-18-21-10-8-9-11-25(21)30-27(23)31(19-24(26)28(32)34-5)17-16-20-12-14-22(33-4)15-13-20/h8-15,18,24,26H,16-17,19H2,1-7H3/t24-,26+/m0/s1. The number of methoxy groups -OCH3 is 2. The number of ether oxygens (including phenoxy) is 2. The van der Waals surface area contributed by atoms with Gasteiger partial charge in [-0.1, -0.05) is 51.1 Å². The Balaban J connectivity index is 1.76. The predicted octanol–water partition coefficient (Wildman–Crippen LogP) is 6.16. The molecule has 0 saturated carbocycles. The van der Waals surface area contributed by atoms with Gasteiger partial charge in [-0.2, -0.15) is 0 Å². The van der Waals surface area contributed by atoms with E-state index in [2.05, 4.69) is 63.0 Å². The van der Waals surface area contributed by atoms with Crippen molar-refractivity contribution in [3.63, 3.8) is 0 Å². The van der Waals surface area contributed by atoms with Gasteiger partial charge in [-0.25, -0.2) is 4.98 Å². The third-order valence-corrected chi connectivity index (χ3v) is 12.1. The van der Waals surface area contributed by atoms with E-state index in [1.807, 2.05) is 30.3 Å². The van der Waals surface area contributed by atoms with E-state index in [1.54, 1.807) is 7.11 Å². The van der Waals surface area contributed by atoms with Crippen LogP contribution < -0.4 is 9.64 Å². The second kappa shape index (κ2) is 10.2. The lowest BCUT2D eigenvalue weighted by Crippen LogP contribution is -2.49. The Kier molecular flexibility index (Phi) is 7.43. The molecule has 2 atom stereocenters. The zero-order valence-corrected chi connectivity index (χ0v) is 23.5. The van der Waals surface area contributed by atoms with Crippen LogP contribution in [0.15, 0.2) is 54.6 Å². The van der Waals surface area contributed by atoms with Crippen molar-refractivity contribution < 1.29 is 18.7 Å².